The number of aromatic nitrogens is 1. The van der Waals surface area contributed by atoms with Crippen molar-refractivity contribution in [2.75, 3.05) is 14.2 Å². The Bertz CT molecular complexity index is 682. The van der Waals surface area contributed by atoms with Crippen LogP contribution in [0.25, 0.3) is 0 Å². The summed E-state index contributed by atoms with van der Waals surface area (Å²) in [7, 11) is -0.515. The molecule has 0 unspecified atom stereocenters. The van der Waals surface area contributed by atoms with E-state index in [1.807, 2.05) is 0 Å². The van der Waals surface area contributed by atoms with Gasteiger partial charge in [-0.15, -0.1) is 0 Å². The molecule has 2 aromatic rings. The molecule has 21 heavy (non-hydrogen) atoms. The Morgan fingerprint density at radius 1 is 1.05 bits per heavy atom. The fraction of sp³-hybridized carbons (Fsp3) is 0.214. The lowest BCUT2D eigenvalue weighted by Crippen LogP contribution is -2.23. The van der Waals surface area contributed by atoms with Crippen molar-refractivity contribution in [2.45, 2.75) is 11.4 Å². The topological polar surface area (TPSA) is 77.5 Å². The van der Waals surface area contributed by atoms with Crippen molar-refractivity contribution >= 4 is 10.0 Å². The minimum atomic E-state index is -3.56. The van der Waals surface area contributed by atoms with Crippen molar-refractivity contribution in [3.05, 3.63) is 48.2 Å². The van der Waals surface area contributed by atoms with E-state index in [1.165, 1.54) is 26.4 Å². The summed E-state index contributed by atoms with van der Waals surface area (Å²) in [4.78, 5) is 4.20. The number of rotatable bonds is 6. The molecule has 0 saturated heterocycles. The molecule has 0 atom stereocenters. The van der Waals surface area contributed by atoms with E-state index in [0.29, 0.717) is 11.6 Å². The van der Waals surface area contributed by atoms with Gasteiger partial charge in [-0.25, -0.2) is 18.1 Å². The molecule has 0 aliphatic heterocycles. The predicted octanol–water partition coefficient (Wildman–Crippen LogP) is 1.58. The van der Waals surface area contributed by atoms with Crippen LogP contribution in [0.4, 0.5) is 0 Å². The molecule has 1 aromatic carbocycles. The average Bonchev–Trinajstić information content (AvgIpc) is 2.53. The molecular weight excluding hydrogens is 292 g/mol. The van der Waals surface area contributed by atoms with E-state index in [2.05, 4.69) is 9.71 Å². The van der Waals surface area contributed by atoms with Gasteiger partial charge in [0.15, 0.2) is 0 Å². The van der Waals surface area contributed by atoms with E-state index in [-0.39, 0.29) is 11.4 Å². The number of pyridine rings is 1. The largest absolute Gasteiger partial charge is 0.497 e. The summed E-state index contributed by atoms with van der Waals surface area (Å²) >= 11 is 0. The summed E-state index contributed by atoms with van der Waals surface area (Å²) in [5.41, 5.74) is 0.743. The van der Waals surface area contributed by atoms with Gasteiger partial charge in [-0.05, 0) is 29.8 Å². The smallest absolute Gasteiger partial charge is 0.240 e. The molecule has 1 aromatic heterocycles. The number of hydrogen-bond donors (Lipinski definition) is 1. The van der Waals surface area contributed by atoms with Crippen molar-refractivity contribution in [2.24, 2.45) is 0 Å². The van der Waals surface area contributed by atoms with Gasteiger partial charge in [-0.3, -0.25) is 0 Å². The minimum absolute atomic E-state index is 0.158. The van der Waals surface area contributed by atoms with Crippen LogP contribution >= 0.6 is 0 Å². The van der Waals surface area contributed by atoms with E-state index in [0.717, 1.165) is 5.56 Å². The van der Waals surface area contributed by atoms with Crippen LogP contribution in [0, 0.1) is 0 Å². The standard InChI is InChI=1S/C14H16N2O4S/c1-19-12-4-6-13(7-5-12)21(17,18)16-10-11-3-8-14(20-2)15-9-11/h3-9,16H,10H2,1-2H3. The Hall–Kier alpha value is -2.12. The zero-order valence-corrected chi connectivity index (χ0v) is 12.6. The third-order valence-corrected chi connectivity index (χ3v) is 4.26. The Morgan fingerprint density at radius 3 is 2.29 bits per heavy atom. The maximum Gasteiger partial charge on any atom is 0.240 e. The highest BCUT2D eigenvalue weighted by Gasteiger charge is 2.13. The van der Waals surface area contributed by atoms with Crippen LogP contribution in [0.2, 0.25) is 0 Å². The fourth-order valence-corrected chi connectivity index (χ4v) is 2.67. The molecule has 0 radical (unpaired) electrons. The molecule has 7 heteroatoms. The van der Waals surface area contributed by atoms with Gasteiger partial charge in [0, 0.05) is 18.8 Å². The molecule has 0 saturated carbocycles. The van der Waals surface area contributed by atoms with Crippen molar-refractivity contribution < 1.29 is 17.9 Å². The second-order valence-electron chi connectivity index (χ2n) is 4.21. The molecule has 0 aliphatic rings. The number of sulfonamides is 1. The molecule has 112 valence electrons. The molecule has 1 N–H and O–H groups in total. The first-order chi connectivity index (χ1) is 10.0. The van der Waals surface area contributed by atoms with Crippen LogP contribution in [0.3, 0.4) is 0 Å². The Labute approximate surface area is 123 Å². The second-order valence-corrected chi connectivity index (χ2v) is 5.98. The quantitative estimate of drug-likeness (QED) is 0.876. The highest BCUT2D eigenvalue weighted by molar-refractivity contribution is 7.89. The number of hydrogen-bond acceptors (Lipinski definition) is 5. The third-order valence-electron chi connectivity index (χ3n) is 2.84. The maximum atomic E-state index is 12.1. The van der Waals surface area contributed by atoms with Gasteiger partial charge < -0.3 is 9.47 Å². The molecule has 0 spiro atoms. The molecule has 0 bridgehead atoms. The lowest BCUT2D eigenvalue weighted by molar-refractivity contribution is 0.397. The zero-order valence-electron chi connectivity index (χ0n) is 11.7. The Morgan fingerprint density at radius 2 is 1.76 bits per heavy atom. The van der Waals surface area contributed by atoms with Crippen molar-refractivity contribution in [3.8, 4) is 11.6 Å². The maximum absolute atomic E-state index is 12.1. The second kappa shape index (κ2) is 6.55. The molecule has 0 fully saturated rings. The summed E-state index contributed by atoms with van der Waals surface area (Å²) in [6.07, 6.45) is 1.56. The summed E-state index contributed by atoms with van der Waals surface area (Å²) in [6, 6.07) is 9.62. The van der Waals surface area contributed by atoms with Crippen molar-refractivity contribution in [1.29, 1.82) is 0 Å². The first-order valence-electron chi connectivity index (χ1n) is 6.18. The normalized spacial score (nSPS) is 11.1. The van der Waals surface area contributed by atoms with Crippen LogP contribution in [0.15, 0.2) is 47.5 Å². The Kier molecular flexibility index (Phi) is 4.77. The van der Waals surface area contributed by atoms with Crippen LogP contribution in [-0.4, -0.2) is 27.6 Å². The van der Waals surface area contributed by atoms with Crippen molar-refractivity contribution in [1.82, 2.24) is 9.71 Å². The van der Waals surface area contributed by atoms with Gasteiger partial charge in [0.05, 0.1) is 19.1 Å². The summed E-state index contributed by atoms with van der Waals surface area (Å²) < 4.78 is 36.7. The lowest BCUT2D eigenvalue weighted by atomic mass is 10.3. The molecule has 0 amide bonds. The Balaban J connectivity index is 2.05. The van der Waals surface area contributed by atoms with Gasteiger partial charge in [0.25, 0.3) is 0 Å². The van der Waals surface area contributed by atoms with Gasteiger partial charge in [0.1, 0.15) is 5.75 Å². The number of methoxy groups -OCH3 is 2. The molecule has 2 rings (SSSR count). The van der Waals surface area contributed by atoms with E-state index in [4.69, 9.17) is 9.47 Å². The van der Waals surface area contributed by atoms with Gasteiger partial charge in [0.2, 0.25) is 15.9 Å². The van der Waals surface area contributed by atoms with Crippen LogP contribution in [-0.2, 0) is 16.6 Å². The van der Waals surface area contributed by atoms with E-state index < -0.39 is 10.0 Å². The van der Waals surface area contributed by atoms with Gasteiger partial charge >= 0.3 is 0 Å². The minimum Gasteiger partial charge on any atom is -0.497 e. The predicted molar refractivity (Wildman–Crippen MR) is 77.8 cm³/mol. The highest BCUT2D eigenvalue weighted by atomic mass is 32.2. The molecule has 0 aliphatic carbocycles. The highest BCUT2D eigenvalue weighted by Crippen LogP contribution is 2.15. The van der Waals surface area contributed by atoms with E-state index in [1.54, 1.807) is 30.5 Å². The van der Waals surface area contributed by atoms with Crippen LogP contribution in [0.1, 0.15) is 5.56 Å². The van der Waals surface area contributed by atoms with Crippen molar-refractivity contribution in [3.63, 3.8) is 0 Å². The molecule has 6 nitrogen and oxygen atoms in total. The number of ether oxygens (including phenoxy) is 2. The first-order valence-corrected chi connectivity index (χ1v) is 7.66. The van der Waals surface area contributed by atoms with Gasteiger partial charge in [-0.1, -0.05) is 6.07 Å². The monoisotopic (exact) mass is 308 g/mol. The summed E-state index contributed by atoms with van der Waals surface area (Å²) in [5.74, 6) is 1.09. The van der Waals surface area contributed by atoms with Crippen LogP contribution in [0.5, 0.6) is 11.6 Å². The third kappa shape index (κ3) is 3.93. The summed E-state index contributed by atoms with van der Waals surface area (Å²) in [6.45, 7) is 0.158. The van der Waals surface area contributed by atoms with Crippen LogP contribution < -0.4 is 14.2 Å². The number of benzene rings is 1. The van der Waals surface area contributed by atoms with E-state index >= 15 is 0 Å². The fourth-order valence-electron chi connectivity index (χ4n) is 1.65. The molecule has 1 heterocycles. The zero-order chi connectivity index (χ0) is 15.3. The number of nitrogens with zero attached hydrogens (tertiary/aromatic N) is 1. The molecular formula is C14H16N2O4S. The van der Waals surface area contributed by atoms with E-state index in [9.17, 15) is 8.42 Å². The van der Waals surface area contributed by atoms with Gasteiger partial charge in [-0.2, -0.15) is 0 Å². The summed E-state index contributed by atoms with van der Waals surface area (Å²) in [5, 5.41) is 0. The lowest BCUT2D eigenvalue weighted by Gasteiger charge is -2.08. The number of nitrogens with one attached hydrogen (secondary N) is 1. The average molecular weight is 308 g/mol. The first kappa shape index (κ1) is 15.3. The SMILES string of the molecule is COc1ccc(S(=O)(=O)NCc2ccc(OC)nc2)cc1.